The summed E-state index contributed by atoms with van der Waals surface area (Å²) >= 11 is 7.50. The highest BCUT2D eigenvalue weighted by atomic mass is 35.5. The number of alkyl halides is 1. The minimum atomic E-state index is -3.42. The molecular formula is C15H14ClNO4S2. The van der Waals surface area contributed by atoms with Crippen molar-refractivity contribution in [3.63, 3.8) is 0 Å². The van der Waals surface area contributed by atoms with Crippen LogP contribution >= 0.6 is 23.4 Å². The first-order valence-corrected chi connectivity index (χ1v) is 9.75. The molecule has 5 nitrogen and oxygen atoms in total. The summed E-state index contributed by atoms with van der Waals surface area (Å²) in [7, 11) is -3.42. The molecule has 2 aromatic rings. The maximum absolute atomic E-state index is 12.2. The monoisotopic (exact) mass is 371 g/mol. The molecule has 0 N–H and O–H groups in total. The molecule has 0 spiro atoms. The van der Waals surface area contributed by atoms with Gasteiger partial charge in [-0.05, 0) is 24.3 Å². The number of halogens is 1. The van der Waals surface area contributed by atoms with E-state index in [9.17, 15) is 18.5 Å². The number of thioether (sulfide) groups is 1. The number of benzene rings is 2. The molecule has 122 valence electrons. The van der Waals surface area contributed by atoms with E-state index in [1.54, 1.807) is 42.5 Å². The van der Waals surface area contributed by atoms with E-state index in [-0.39, 0.29) is 16.3 Å². The van der Waals surface area contributed by atoms with E-state index in [1.165, 1.54) is 23.9 Å². The molecule has 2 rings (SSSR count). The zero-order chi connectivity index (χ0) is 16.9. The molecular weight excluding hydrogens is 358 g/mol. The summed E-state index contributed by atoms with van der Waals surface area (Å²) in [6.45, 7) is 0. The first kappa shape index (κ1) is 17.8. The van der Waals surface area contributed by atoms with Gasteiger partial charge in [-0.3, -0.25) is 10.1 Å². The van der Waals surface area contributed by atoms with Crippen LogP contribution in [0.3, 0.4) is 0 Å². The van der Waals surface area contributed by atoms with Gasteiger partial charge in [-0.1, -0.05) is 18.2 Å². The van der Waals surface area contributed by atoms with Crippen LogP contribution < -0.4 is 0 Å². The lowest BCUT2D eigenvalue weighted by atomic mass is 10.3. The zero-order valence-electron chi connectivity index (χ0n) is 12.0. The Morgan fingerprint density at radius 3 is 2.26 bits per heavy atom. The predicted molar refractivity (Wildman–Crippen MR) is 92.0 cm³/mol. The smallest absolute Gasteiger partial charge is 0.258 e. The van der Waals surface area contributed by atoms with Crippen molar-refractivity contribution < 1.29 is 13.3 Å². The van der Waals surface area contributed by atoms with Crippen molar-refractivity contribution in [3.8, 4) is 0 Å². The molecule has 0 aliphatic rings. The lowest BCUT2D eigenvalue weighted by Crippen LogP contribution is -2.18. The van der Waals surface area contributed by atoms with E-state index in [4.69, 9.17) is 11.6 Å². The number of non-ortho nitro benzene ring substituents is 1. The van der Waals surface area contributed by atoms with E-state index < -0.39 is 20.1 Å². The maximum atomic E-state index is 12.2. The fourth-order valence-electron chi connectivity index (χ4n) is 1.86. The van der Waals surface area contributed by atoms with Gasteiger partial charge in [0, 0.05) is 22.8 Å². The standard InChI is InChI=1S/C15H14ClNO4S2/c16-12(11-23(20,21)15-4-2-1-3-5-15)10-22-14-8-6-13(7-9-14)17(18)19/h1-9,12H,10-11H2/t12-/m1/s1. The Hall–Kier alpha value is -1.57. The Balaban J connectivity index is 1.92. The van der Waals surface area contributed by atoms with Gasteiger partial charge in [-0.25, -0.2) is 8.42 Å². The first-order valence-electron chi connectivity index (χ1n) is 6.67. The quantitative estimate of drug-likeness (QED) is 0.320. The second-order valence-electron chi connectivity index (χ2n) is 4.75. The topological polar surface area (TPSA) is 77.3 Å². The van der Waals surface area contributed by atoms with Crippen molar-refractivity contribution in [1.29, 1.82) is 0 Å². The first-order chi connectivity index (χ1) is 10.9. The molecule has 2 aromatic carbocycles. The van der Waals surface area contributed by atoms with Crippen molar-refractivity contribution in [2.45, 2.75) is 15.2 Å². The lowest BCUT2D eigenvalue weighted by Gasteiger charge is -2.10. The molecule has 0 amide bonds. The average Bonchev–Trinajstić information content (AvgIpc) is 2.54. The van der Waals surface area contributed by atoms with E-state index in [2.05, 4.69) is 0 Å². The lowest BCUT2D eigenvalue weighted by molar-refractivity contribution is -0.384. The SMILES string of the molecule is O=[N+]([O-])c1ccc(SC[C@@H](Cl)CS(=O)(=O)c2ccccc2)cc1. The van der Waals surface area contributed by atoms with Crippen LogP contribution in [0, 0.1) is 10.1 Å². The third-order valence-electron chi connectivity index (χ3n) is 2.98. The normalized spacial score (nSPS) is 12.7. The van der Waals surface area contributed by atoms with Gasteiger partial charge in [0.25, 0.3) is 5.69 Å². The Bertz CT molecular complexity index is 764. The van der Waals surface area contributed by atoms with Gasteiger partial charge in [0.05, 0.1) is 20.9 Å². The van der Waals surface area contributed by atoms with Crippen LogP contribution in [0.5, 0.6) is 0 Å². The number of nitro benzene ring substituents is 1. The Labute approximate surface area is 143 Å². The van der Waals surface area contributed by atoms with Crippen molar-refractivity contribution >= 4 is 38.9 Å². The second-order valence-corrected chi connectivity index (χ2v) is 8.50. The van der Waals surface area contributed by atoms with Crippen LogP contribution in [0.1, 0.15) is 0 Å². The molecule has 0 fully saturated rings. The second kappa shape index (κ2) is 7.81. The summed E-state index contributed by atoms with van der Waals surface area (Å²) in [5, 5.41) is 10.0. The summed E-state index contributed by atoms with van der Waals surface area (Å²) in [4.78, 5) is 11.2. The number of sulfone groups is 1. The average molecular weight is 372 g/mol. The largest absolute Gasteiger partial charge is 0.269 e. The molecule has 0 bridgehead atoms. The summed E-state index contributed by atoms with van der Waals surface area (Å²) in [6.07, 6.45) is 0. The molecule has 0 heterocycles. The van der Waals surface area contributed by atoms with Gasteiger partial charge >= 0.3 is 0 Å². The van der Waals surface area contributed by atoms with E-state index in [0.717, 1.165) is 4.90 Å². The van der Waals surface area contributed by atoms with Crippen molar-refractivity contribution in [2.75, 3.05) is 11.5 Å². The summed E-state index contributed by atoms with van der Waals surface area (Å²) in [5.74, 6) is 0.240. The highest BCUT2D eigenvalue weighted by molar-refractivity contribution is 7.99. The molecule has 23 heavy (non-hydrogen) atoms. The molecule has 0 aliphatic carbocycles. The molecule has 0 saturated carbocycles. The van der Waals surface area contributed by atoms with Crippen LogP contribution in [0.15, 0.2) is 64.4 Å². The third-order valence-corrected chi connectivity index (χ3v) is 6.66. The van der Waals surface area contributed by atoms with Gasteiger partial charge < -0.3 is 0 Å². The highest BCUT2D eigenvalue weighted by Crippen LogP contribution is 2.24. The van der Waals surface area contributed by atoms with Gasteiger partial charge in [-0.15, -0.1) is 23.4 Å². The molecule has 8 heteroatoms. The highest BCUT2D eigenvalue weighted by Gasteiger charge is 2.19. The van der Waals surface area contributed by atoms with E-state index in [1.807, 2.05) is 0 Å². The molecule has 0 unspecified atom stereocenters. The summed E-state index contributed by atoms with van der Waals surface area (Å²) in [6, 6.07) is 14.2. The number of nitrogens with zero attached hydrogens (tertiary/aromatic N) is 1. The van der Waals surface area contributed by atoms with E-state index in [0.29, 0.717) is 5.75 Å². The number of hydrogen-bond donors (Lipinski definition) is 0. The molecule has 1 atom stereocenters. The van der Waals surface area contributed by atoms with Crippen LogP contribution in [-0.2, 0) is 9.84 Å². The maximum Gasteiger partial charge on any atom is 0.269 e. The van der Waals surface area contributed by atoms with Crippen LogP contribution in [0.2, 0.25) is 0 Å². The molecule has 0 aromatic heterocycles. The fourth-order valence-corrected chi connectivity index (χ4v) is 4.87. The molecule has 0 saturated heterocycles. The number of nitro groups is 1. The zero-order valence-corrected chi connectivity index (χ0v) is 14.4. The molecule has 0 radical (unpaired) electrons. The molecule has 0 aliphatic heterocycles. The van der Waals surface area contributed by atoms with Crippen molar-refractivity contribution in [3.05, 3.63) is 64.7 Å². The summed E-state index contributed by atoms with van der Waals surface area (Å²) in [5.41, 5.74) is 0.0171. The Morgan fingerprint density at radius 1 is 1.09 bits per heavy atom. The predicted octanol–water partition coefficient (Wildman–Crippen LogP) is 3.77. The van der Waals surface area contributed by atoms with Gasteiger partial charge in [-0.2, -0.15) is 0 Å². The van der Waals surface area contributed by atoms with Crippen molar-refractivity contribution in [1.82, 2.24) is 0 Å². The fraction of sp³-hybridized carbons (Fsp3) is 0.200. The minimum Gasteiger partial charge on any atom is -0.258 e. The van der Waals surface area contributed by atoms with Crippen LogP contribution in [0.25, 0.3) is 0 Å². The Morgan fingerprint density at radius 2 is 1.70 bits per heavy atom. The minimum absolute atomic E-state index is 0.0171. The third kappa shape index (κ3) is 5.23. The van der Waals surface area contributed by atoms with Crippen LogP contribution in [0.4, 0.5) is 5.69 Å². The van der Waals surface area contributed by atoms with Crippen LogP contribution in [-0.4, -0.2) is 30.2 Å². The van der Waals surface area contributed by atoms with E-state index >= 15 is 0 Å². The van der Waals surface area contributed by atoms with Gasteiger partial charge in [0.2, 0.25) is 0 Å². The number of hydrogen-bond acceptors (Lipinski definition) is 5. The van der Waals surface area contributed by atoms with Crippen molar-refractivity contribution in [2.24, 2.45) is 0 Å². The Kier molecular flexibility index (Phi) is 6.04. The van der Waals surface area contributed by atoms with Gasteiger partial charge in [0.15, 0.2) is 9.84 Å². The summed E-state index contributed by atoms with van der Waals surface area (Å²) < 4.78 is 24.4. The van der Waals surface area contributed by atoms with Gasteiger partial charge in [0.1, 0.15) is 0 Å². The number of rotatable bonds is 7.